The zero-order valence-electron chi connectivity index (χ0n) is 16.5. The standard InChI is InChI=1S/C23H27N3O2/c1-15(2)25-13-20(26(23(24)28)14-21(25)27)22-18-9-5-3-7-16(18)11-12-17-8-4-6-10-19(17)22/h3-10,15,20,22H,11-14H2,1-2H3,(H2,24,28)/t20-/m1/s1. The third-order valence-electron chi connectivity index (χ3n) is 6.15. The summed E-state index contributed by atoms with van der Waals surface area (Å²) in [4.78, 5) is 28.4. The number of carbonyl (C=O) groups is 2. The molecule has 28 heavy (non-hydrogen) atoms. The Morgan fingerprint density at radius 2 is 1.54 bits per heavy atom. The van der Waals surface area contributed by atoms with Crippen molar-refractivity contribution in [3.05, 3.63) is 70.8 Å². The molecule has 3 amide bonds. The van der Waals surface area contributed by atoms with Gasteiger partial charge in [0.15, 0.2) is 0 Å². The van der Waals surface area contributed by atoms with E-state index in [0.29, 0.717) is 6.54 Å². The van der Waals surface area contributed by atoms with Gasteiger partial charge in [0.1, 0.15) is 6.54 Å². The number of fused-ring (bicyclic) bond motifs is 2. The molecular formula is C23H27N3O2. The second-order valence-corrected chi connectivity index (χ2v) is 8.05. The number of nitrogens with zero attached hydrogens (tertiary/aromatic N) is 2. The first-order valence-electron chi connectivity index (χ1n) is 9.98. The number of piperazine rings is 1. The van der Waals surface area contributed by atoms with E-state index in [2.05, 4.69) is 48.5 Å². The van der Waals surface area contributed by atoms with Gasteiger partial charge in [0.2, 0.25) is 5.91 Å². The number of hydrogen-bond donors (Lipinski definition) is 1. The number of urea groups is 1. The first-order chi connectivity index (χ1) is 13.5. The monoisotopic (exact) mass is 377 g/mol. The highest BCUT2D eigenvalue weighted by molar-refractivity contribution is 5.85. The first-order valence-corrected chi connectivity index (χ1v) is 9.98. The minimum atomic E-state index is -0.527. The SMILES string of the molecule is CC(C)N1C[C@H](C2c3ccccc3CCc3ccccc32)N(C(N)=O)CC1=O. The lowest BCUT2D eigenvalue weighted by Gasteiger charge is -2.45. The highest BCUT2D eigenvalue weighted by Crippen LogP contribution is 2.39. The Morgan fingerprint density at radius 3 is 2.04 bits per heavy atom. The third-order valence-corrected chi connectivity index (χ3v) is 6.15. The number of hydrogen-bond acceptors (Lipinski definition) is 2. The molecule has 1 saturated heterocycles. The average Bonchev–Trinajstić information content (AvgIpc) is 2.84. The summed E-state index contributed by atoms with van der Waals surface area (Å²) in [6, 6.07) is 16.3. The first kappa shape index (κ1) is 18.5. The molecule has 146 valence electrons. The number of carbonyl (C=O) groups excluding carboxylic acids is 2. The van der Waals surface area contributed by atoms with Crippen LogP contribution in [0.25, 0.3) is 0 Å². The fraction of sp³-hybridized carbons (Fsp3) is 0.391. The maximum atomic E-state index is 12.6. The summed E-state index contributed by atoms with van der Waals surface area (Å²) < 4.78 is 0. The number of amides is 3. The fourth-order valence-electron chi connectivity index (χ4n) is 4.76. The molecule has 4 rings (SSSR count). The van der Waals surface area contributed by atoms with E-state index in [0.717, 1.165) is 12.8 Å². The third kappa shape index (κ3) is 3.15. The van der Waals surface area contributed by atoms with E-state index in [-0.39, 0.29) is 30.5 Å². The van der Waals surface area contributed by atoms with Gasteiger partial charge in [0.05, 0.1) is 6.04 Å². The molecule has 2 aromatic rings. The number of primary amides is 1. The Kier molecular flexibility index (Phi) is 4.84. The van der Waals surface area contributed by atoms with E-state index in [4.69, 9.17) is 5.73 Å². The summed E-state index contributed by atoms with van der Waals surface area (Å²) >= 11 is 0. The predicted molar refractivity (Wildman–Crippen MR) is 109 cm³/mol. The lowest BCUT2D eigenvalue weighted by Crippen LogP contribution is -2.62. The van der Waals surface area contributed by atoms with Crippen LogP contribution in [0.4, 0.5) is 4.79 Å². The predicted octanol–water partition coefficient (Wildman–Crippen LogP) is 2.92. The largest absolute Gasteiger partial charge is 0.351 e. The van der Waals surface area contributed by atoms with Crippen LogP contribution in [0.5, 0.6) is 0 Å². The smallest absolute Gasteiger partial charge is 0.315 e. The number of aryl methyl sites for hydroxylation is 2. The number of rotatable bonds is 2. The highest BCUT2D eigenvalue weighted by atomic mass is 16.2. The van der Waals surface area contributed by atoms with Crippen molar-refractivity contribution in [1.82, 2.24) is 9.80 Å². The van der Waals surface area contributed by atoms with Crippen molar-refractivity contribution in [1.29, 1.82) is 0 Å². The Bertz CT molecular complexity index is 861. The molecular weight excluding hydrogens is 350 g/mol. The minimum absolute atomic E-state index is 0.00301. The van der Waals surface area contributed by atoms with Crippen molar-refractivity contribution in [2.24, 2.45) is 5.73 Å². The van der Waals surface area contributed by atoms with Crippen LogP contribution in [0, 0.1) is 0 Å². The number of nitrogens with two attached hydrogens (primary N) is 1. The Labute approximate surface area is 166 Å². The van der Waals surface area contributed by atoms with E-state index in [1.165, 1.54) is 22.3 Å². The zero-order valence-corrected chi connectivity index (χ0v) is 16.5. The Morgan fingerprint density at radius 1 is 1.00 bits per heavy atom. The average molecular weight is 377 g/mol. The van der Waals surface area contributed by atoms with E-state index >= 15 is 0 Å². The van der Waals surface area contributed by atoms with Crippen LogP contribution in [-0.2, 0) is 17.6 Å². The van der Waals surface area contributed by atoms with Gasteiger partial charge in [-0.05, 0) is 48.9 Å². The van der Waals surface area contributed by atoms with Crippen LogP contribution >= 0.6 is 0 Å². The summed E-state index contributed by atoms with van der Waals surface area (Å²) in [6.07, 6.45) is 1.94. The minimum Gasteiger partial charge on any atom is -0.351 e. The molecule has 1 heterocycles. The lowest BCUT2D eigenvalue weighted by molar-refractivity contribution is -0.139. The van der Waals surface area contributed by atoms with Crippen LogP contribution in [0.2, 0.25) is 0 Å². The molecule has 5 heteroatoms. The molecule has 1 fully saturated rings. The molecule has 2 aliphatic rings. The van der Waals surface area contributed by atoms with Gasteiger partial charge in [-0.1, -0.05) is 48.5 Å². The van der Waals surface area contributed by atoms with Gasteiger partial charge in [-0.3, -0.25) is 4.79 Å². The molecule has 0 spiro atoms. The van der Waals surface area contributed by atoms with Crippen molar-refractivity contribution in [2.75, 3.05) is 13.1 Å². The van der Waals surface area contributed by atoms with E-state index < -0.39 is 6.03 Å². The number of benzene rings is 2. The topological polar surface area (TPSA) is 66.6 Å². The van der Waals surface area contributed by atoms with E-state index in [1.54, 1.807) is 4.90 Å². The summed E-state index contributed by atoms with van der Waals surface area (Å²) in [5, 5.41) is 0. The van der Waals surface area contributed by atoms with Crippen LogP contribution < -0.4 is 5.73 Å². The summed E-state index contributed by atoms with van der Waals surface area (Å²) in [5.41, 5.74) is 10.8. The van der Waals surface area contributed by atoms with Gasteiger partial charge >= 0.3 is 6.03 Å². The maximum Gasteiger partial charge on any atom is 0.315 e. The summed E-state index contributed by atoms with van der Waals surface area (Å²) in [7, 11) is 0. The molecule has 2 aromatic carbocycles. The van der Waals surface area contributed by atoms with Crippen LogP contribution in [0.1, 0.15) is 42.0 Å². The lowest BCUT2D eigenvalue weighted by atomic mass is 9.80. The molecule has 0 saturated carbocycles. The maximum absolute atomic E-state index is 12.6. The van der Waals surface area contributed by atoms with Crippen LogP contribution in [-0.4, -0.2) is 46.9 Å². The second-order valence-electron chi connectivity index (χ2n) is 8.05. The van der Waals surface area contributed by atoms with Gasteiger partial charge in [0.25, 0.3) is 0 Å². The van der Waals surface area contributed by atoms with Gasteiger partial charge in [-0.2, -0.15) is 0 Å². The quantitative estimate of drug-likeness (QED) is 0.874. The molecule has 2 N–H and O–H groups in total. The normalized spacial score (nSPS) is 20.0. The Balaban J connectivity index is 1.87. The van der Waals surface area contributed by atoms with E-state index in [1.807, 2.05) is 18.7 Å². The van der Waals surface area contributed by atoms with Gasteiger partial charge in [0, 0.05) is 18.5 Å². The molecule has 0 radical (unpaired) electrons. The molecule has 1 aliphatic heterocycles. The van der Waals surface area contributed by atoms with Crippen LogP contribution in [0.3, 0.4) is 0 Å². The van der Waals surface area contributed by atoms with Crippen molar-refractivity contribution >= 4 is 11.9 Å². The molecule has 1 aliphatic carbocycles. The zero-order chi connectivity index (χ0) is 19.8. The Hall–Kier alpha value is -2.82. The van der Waals surface area contributed by atoms with Gasteiger partial charge in [-0.15, -0.1) is 0 Å². The van der Waals surface area contributed by atoms with Crippen molar-refractivity contribution in [2.45, 2.75) is 44.7 Å². The molecule has 0 aromatic heterocycles. The summed E-state index contributed by atoms with van der Waals surface area (Å²) in [5.74, 6) is -0.0445. The highest BCUT2D eigenvalue weighted by Gasteiger charge is 2.42. The molecule has 1 atom stereocenters. The molecule has 0 bridgehead atoms. The molecule has 5 nitrogen and oxygen atoms in total. The van der Waals surface area contributed by atoms with Gasteiger partial charge < -0.3 is 15.5 Å². The van der Waals surface area contributed by atoms with Crippen LogP contribution in [0.15, 0.2) is 48.5 Å². The fourth-order valence-corrected chi connectivity index (χ4v) is 4.76. The second kappa shape index (κ2) is 7.30. The van der Waals surface area contributed by atoms with Crippen molar-refractivity contribution in [3.63, 3.8) is 0 Å². The van der Waals surface area contributed by atoms with Crippen molar-refractivity contribution < 1.29 is 9.59 Å². The van der Waals surface area contributed by atoms with E-state index in [9.17, 15) is 9.59 Å². The van der Waals surface area contributed by atoms with Gasteiger partial charge in [-0.25, -0.2) is 4.79 Å². The summed E-state index contributed by atoms with van der Waals surface area (Å²) in [6.45, 7) is 4.57. The molecule has 0 unspecified atom stereocenters. The van der Waals surface area contributed by atoms with Crippen molar-refractivity contribution in [3.8, 4) is 0 Å².